The Bertz CT molecular complexity index is 1730. The van der Waals surface area contributed by atoms with Gasteiger partial charge in [0, 0.05) is 41.2 Å². The van der Waals surface area contributed by atoms with Crippen molar-refractivity contribution < 1.29 is 23.5 Å². The van der Waals surface area contributed by atoms with Crippen molar-refractivity contribution in [2.75, 3.05) is 23.0 Å². The summed E-state index contributed by atoms with van der Waals surface area (Å²) < 4.78 is 22.8. The predicted molar refractivity (Wildman–Crippen MR) is 181 cm³/mol. The molecule has 2 amide bonds. The van der Waals surface area contributed by atoms with Gasteiger partial charge in [0.2, 0.25) is 8.41 Å². The lowest BCUT2D eigenvalue weighted by atomic mass is 9.82. The molecule has 236 valence electrons. The van der Waals surface area contributed by atoms with E-state index in [1.165, 1.54) is 11.1 Å². The van der Waals surface area contributed by atoms with E-state index in [4.69, 9.17) is 4.74 Å². The number of nitrogens with zero attached hydrogens (tertiary/aromatic N) is 2. The van der Waals surface area contributed by atoms with Gasteiger partial charge in [-0.3, -0.25) is 14.5 Å². The van der Waals surface area contributed by atoms with Crippen LogP contribution in [0.3, 0.4) is 0 Å². The molecular weight excluding hydrogens is 584 g/mol. The van der Waals surface area contributed by atoms with Gasteiger partial charge in [-0.15, -0.1) is 0 Å². The highest BCUT2D eigenvalue weighted by atomic mass is 28.4. The van der Waals surface area contributed by atoms with Gasteiger partial charge in [-0.1, -0.05) is 54.5 Å². The maximum absolute atomic E-state index is 16.0. The van der Waals surface area contributed by atoms with Gasteiger partial charge in [0.15, 0.2) is 5.60 Å². The maximum Gasteiger partial charge on any atom is 0.264 e. The Morgan fingerprint density at radius 3 is 2.47 bits per heavy atom. The van der Waals surface area contributed by atoms with Crippen LogP contribution in [0.1, 0.15) is 62.9 Å². The van der Waals surface area contributed by atoms with Crippen LogP contribution < -0.4 is 9.80 Å². The summed E-state index contributed by atoms with van der Waals surface area (Å²) in [5, 5.41) is 11.8. The van der Waals surface area contributed by atoms with E-state index in [1.54, 1.807) is 22.9 Å². The quantitative estimate of drug-likeness (QED) is 0.147. The topological polar surface area (TPSA) is 70.1 Å². The van der Waals surface area contributed by atoms with E-state index in [1.807, 2.05) is 61.5 Å². The number of amides is 2. The average Bonchev–Trinajstić information content (AvgIpc) is 3.54. The molecule has 0 saturated carbocycles. The molecule has 1 saturated heterocycles. The molecule has 6 rings (SSSR count). The molecule has 3 aromatic carbocycles. The number of aliphatic hydroxyl groups is 1. The SMILES string of the molecule is CC(C)=CCC/C(C)=C/CN1C(=O)[C@]2(O[C@H](CCO)[C@@H]([Si](C)(C)F)[C@@H]2C)c2cc(N3C(=O)c4cccc5cccc3c45)ccc21. The van der Waals surface area contributed by atoms with Crippen molar-refractivity contribution in [2.45, 2.75) is 77.3 Å². The molecule has 0 radical (unpaired) electrons. The highest BCUT2D eigenvalue weighted by Gasteiger charge is 2.66. The van der Waals surface area contributed by atoms with Gasteiger partial charge >= 0.3 is 0 Å². The van der Waals surface area contributed by atoms with Gasteiger partial charge in [0.25, 0.3) is 11.8 Å². The lowest BCUT2D eigenvalue weighted by Crippen LogP contribution is -2.45. The minimum atomic E-state index is -3.33. The molecule has 3 aromatic rings. The summed E-state index contributed by atoms with van der Waals surface area (Å²) in [5.74, 6) is -0.803. The van der Waals surface area contributed by atoms with Crippen molar-refractivity contribution in [1.82, 2.24) is 0 Å². The Balaban J connectivity index is 1.46. The summed E-state index contributed by atoms with van der Waals surface area (Å²) in [6.45, 7) is 11.7. The van der Waals surface area contributed by atoms with Gasteiger partial charge in [-0.05, 0) is 88.8 Å². The molecule has 1 N–H and O–H groups in total. The Morgan fingerprint density at radius 1 is 1.04 bits per heavy atom. The van der Waals surface area contributed by atoms with E-state index >= 15 is 4.11 Å². The van der Waals surface area contributed by atoms with Crippen molar-refractivity contribution in [3.8, 4) is 0 Å². The lowest BCUT2D eigenvalue weighted by Gasteiger charge is -2.31. The molecular formula is C37H43FN2O4Si. The minimum Gasteiger partial charge on any atom is -0.396 e. The van der Waals surface area contributed by atoms with Crippen molar-refractivity contribution in [3.05, 3.63) is 89.0 Å². The van der Waals surface area contributed by atoms with Crippen molar-refractivity contribution in [2.24, 2.45) is 5.92 Å². The second-order valence-electron chi connectivity index (χ2n) is 13.6. The van der Waals surface area contributed by atoms with Gasteiger partial charge in [0.1, 0.15) is 0 Å². The van der Waals surface area contributed by atoms with Gasteiger partial charge < -0.3 is 18.9 Å². The number of allylic oxidation sites excluding steroid dienone is 3. The van der Waals surface area contributed by atoms with E-state index < -0.39 is 31.6 Å². The first kappa shape index (κ1) is 31.4. The zero-order chi connectivity index (χ0) is 32.3. The number of aliphatic hydroxyl groups excluding tert-OH is 1. The molecule has 3 aliphatic rings. The average molecular weight is 627 g/mol. The molecule has 3 heterocycles. The normalized spacial score (nSPS) is 24.4. The first-order chi connectivity index (χ1) is 21.4. The van der Waals surface area contributed by atoms with E-state index in [9.17, 15) is 14.7 Å². The van der Waals surface area contributed by atoms with Crippen molar-refractivity contribution >= 4 is 48.1 Å². The zero-order valence-electron chi connectivity index (χ0n) is 27.1. The second-order valence-corrected chi connectivity index (χ2v) is 17.4. The summed E-state index contributed by atoms with van der Waals surface area (Å²) in [4.78, 5) is 32.0. The van der Waals surface area contributed by atoms with Crippen LogP contribution in [0.25, 0.3) is 10.8 Å². The van der Waals surface area contributed by atoms with Gasteiger partial charge in [-0.2, -0.15) is 0 Å². The molecule has 45 heavy (non-hydrogen) atoms. The lowest BCUT2D eigenvalue weighted by molar-refractivity contribution is -0.146. The highest BCUT2D eigenvalue weighted by Crippen LogP contribution is 2.60. The van der Waals surface area contributed by atoms with Crippen LogP contribution >= 0.6 is 0 Å². The predicted octanol–water partition coefficient (Wildman–Crippen LogP) is 8.33. The third-order valence-electron chi connectivity index (χ3n) is 9.89. The molecule has 0 aliphatic carbocycles. The molecule has 8 heteroatoms. The molecule has 6 nitrogen and oxygen atoms in total. The number of carbonyl (C=O) groups is 2. The Morgan fingerprint density at radius 2 is 1.78 bits per heavy atom. The third-order valence-corrected chi connectivity index (χ3v) is 12.3. The van der Waals surface area contributed by atoms with E-state index in [-0.39, 0.29) is 24.8 Å². The standard InChI is InChI=1S/C37H43FN2O4Si/c1-23(2)10-7-11-24(3)18-20-39-30-17-16-27(40-31-15-9-13-26-12-8-14-28(33(26)31)35(40)42)22-29(30)37(36(39)43)25(4)34(45(5,6)38)32(44-37)19-21-41/h8-10,12-18,22,25,32,34,41H,7,11,19-21H2,1-6H3/b24-18+/t25-,32+,34-,37+/m0/s1. The fourth-order valence-electron chi connectivity index (χ4n) is 7.86. The highest BCUT2D eigenvalue weighted by molar-refractivity contribution is 6.72. The fourth-order valence-corrected chi connectivity index (χ4v) is 10.4. The van der Waals surface area contributed by atoms with E-state index in [0.717, 1.165) is 29.3 Å². The molecule has 0 aromatic heterocycles. The third kappa shape index (κ3) is 5.07. The van der Waals surface area contributed by atoms with Crippen LogP contribution in [0, 0.1) is 5.92 Å². The van der Waals surface area contributed by atoms with Crippen LogP contribution in [0.5, 0.6) is 0 Å². The first-order valence-corrected chi connectivity index (χ1v) is 18.9. The number of carbonyl (C=O) groups excluding carboxylic acids is 2. The number of fused-ring (bicyclic) bond motifs is 2. The number of anilines is 3. The minimum absolute atomic E-state index is 0.124. The molecule has 1 spiro atoms. The van der Waals surface area contributed by atoms with Crippen LogP contribution in [0.4, 0.5) is 21.2 Å². The van der Waals surface area contributed by atoms with Crippen LogP contribution in [0.2, 0.25) is 18.6 Å². The molecule has 1 fully saturated rings. The smallest absolute Gasteiger partial charge is 0.264 e. The monoisotopic (exact) mass is 626 g/mol. The second kappa shape index (κ2) is 11.6. The largest absolute Gasteiger partial charge is 0.396 e. The number of hydrogen-bond acceptors (Lipinski definition) is 4. The maximum atomic E-state index is 16.0. The molecule has 4 atom stereocenters. The first-order valence-electron chi connectivity index (χ1n) is 16.0. The molecule has 0 bridgehead atoms. The number of benzene rings is 3. The Labute approximate surface area is 266 Å². The number of ether oxygens (including phenoxy) is 1. The summed E-state index contributed by atoms with van der Waals surface area (Å²) in [6.07, 6.45) is 5.78. The molecule has 3 aliphatic heterocycles. The summed E-state index contributed by atoms with van der Waals surface area (Å²) in [6, 6.07) is 17.3. The molecule has 0 unspecified atom stereocenters. The Hall–Kier alpha value is -3.59. The fraction of sp³-hybridized carbons (Fsp3) is 0.405. The van der Waals surface area contributed by atoms with Crippen LogP contribution in [-0.4, -0.2) is 44.6 Å². The van der Waals surface area contributed by atoms with Crippen LogP contribution in [-0.2, 0) is 15.1 Å². The Kier molecular flexibility index (Phi) is 8.12. The van der Waals surface area contributed by atoms with Crippen LogP contribution in [0.15, 0.2) is 77.9 Å². The summed E-state index contributed by atoms with van der Waals surface area (Å²) >= 11 is 0. The number of rotatable bonds is 9. The van der Waals surface area contributed by atoms with Gasteiger partial charge in [-0.25, -0.2) is 0 Å². The summed E-state index contributed by atoms with van der Waals surface area (Å²) in [5.41, 5.74) is 4.01. The van der Waals surface area contributed by atoms with E-state index in [0.29, 0.717) is 29.0 Å². The van der Waals surface area contributed by atoms with Crippen molar-refractivity contribution in [1.29, 1.82) is 0 Å². The van der Waals surface area contributed by atoms with Gasteiger partial charge in [0.05, 0.1) is 23.0 Å². The number of hydrogen-bond donors (Lipinski definition) is 1. The number of halogens is 1. The van der Waals surface area contributed by atoms with Crippen molar-refractivity contribution in [3.63, 3.8) is 0 Å². The summed E-state index contributed by atoms with van der Waals surface area (Å²) in [7, 11) is -3.33. The zero-order valence-corrected chi connectivity index (χ0v) is 28.1. The van der Waals surface area contributed by atoms with E-state index in [2.05, 4.69) is 32.9 Å².